The van der Waals surface area contributed by atoms with Crippen LogP contribution in [0.1, 0.15) is 42.4 Å². The number of carbonyl (C=O) groups is 2. The van der Waals surface area contributed by atoms with Crippen molar-refractivity contribution < 1.29 is 18.0 Å². The Hall–Kier alpha value is -4.14. The van der Waals surface area contributed by atoms with Crippen molar-refractivity contribution in [2.24, 2.45) is 0 Å². The summed E-state index contributed by atoms with van der Waals surface area (Å²) in [6.45, 7) is 1.58. The fraction of sp³-hybridized carbons (Fsp3) is 0.278. The summed E-state index contributed by atoms with van der Waals surface area (Å²) in [4.78, 5) is 30.2. The molecule has 0 spiro atoms. The standard InChI is InChI=1S/C36H38ClN3O4S/c1-27-12-10-15-29(22-27)25-39(34(23-28-13-4-2-5-14-28)36(42)38-31-17-8-9-18-31)35(41)26-40(32-19-11-16-30(37)24-32)45(43,44)33-20-6-3-7-21-33/h2-7,10-16,19-22,24,31,34H,8-9,17-18,23,25-26H2,1H3,(H,38,42)/t34-/m1/s1. The Morgan fingerprint density at radius 1 is 0.844 bits per heavy atom. The lowest BCUT2D eigenvalue weighted by molar-refractivity contribution is -0.140. The van der Waals surface area contributed by atoms with Crippen molar-refractivity contribution >= 4 is 39.1 Å². The molecule has 1 saturated carbocycles. The summed E-state index contributed by atoms with van der Waals surface area (Å²) >= 11 is 6.30. The molecular formula is C36H38ClN3O4S. The molecule has 7 nitrogen and oxygen atoms in total. The zero-order chi connectivity index (χ0) is 31.8. The molecule has 1 aliphatic carbocycles. The minimum atomic E-state index is -4.18. The first-order valence-electron chi connectivity index (χ1n) is 15.2. The van der Waals surface area contributed by atoms with Crippen LogP contribution in [-0.4, -0.2) is 43.8 Å². The lowest BCUT2D eigenvalue weighted by Gasteiger charge is -2.34. The predicted octanol–water partition coefficient (Wildman–Crippen LogP) is 6.54. The van der Waals surface area contributed by atoms with E-state index in [0.717, 1.165) is 46.7 Å². The van der Waals surface area contributed by atoms with E-state index in [1.165, 1.54) is 23.1 Å². The van der Waals surface area contributed by atoms with Crippen molar-refractivity contribution in [2.75, 3.05) is 10.8 Å². The first-order valence-corrected chi connectivity index (χ1v) is 17.1. The Labute approximate surface area is 270 Å². The Morgan fingerprint density at radius 2 is 1.49 bits per heavy atom. The second-order valence-corrected chi connectivity index (χ2v) is 13.8. The molecule has 0 unspecified atom stereocenters. The van der Waals surface area contributed by atoms with Gasteiger partial charge in [-0.05, 0) is 61.2 Å². The van der Waals surface area contributed by atoms with Crippen LogP contribution in [0.25, 0.3) is 0 Å². The third-order valence-electron chi connectivity index (χ3n) is 8.11. The van der Waals surface area contributed by atoms with E-state index in [1.807, 2.05) is 61.5 Å². The molecule has 1 aliphatic rings. The van der Waals surface area contributed by atoms with Crippen LogP contribution in [0.2, 0.25) is 5.02 Å². The molecular weight excluding hydrogens is 606 g/mol. The summed E-state index contributed by atoms with van der Waals surface area (Å²) in [6.07, 6.45) is 4.17. The van der Waals surface area contributed by atoms with Gasteiger partial charge in [-0.2, -0.15) is 0 Å². The lowest BCUT2D eigenvalue weighted by Crippen LogP contribution is -2.54. The Bertz CT molecular complexity index is 1710. The highest BCUT2D eigenvalue weighted by molar-refractivity contribution is 7.92. The maximum atomic E-state index is 14.6. The van der Waals surface area contributed by atoms with Gasteiger partial charge in [0.1, 0.15) is 12.6 Å². The fourth-order valence-corrected chi connectivity index (χ4v) is 7.42. The van der Waals surface area contributed by atoms with Gasteiger partial charge in [-0.25, -0.2) is 8.42 Å². The minimum Gasteiger partial charge on any atom is -0.352 e. The fourth-order valence-electron chi connectivity index (χ4n) is 5.81. The van der Waals surface area contributed by atoms with Gasteiger partial charge in [-0.1, -0.05) is 109 Å². The molecule has 0 aromatic heterocycles. The minimum absolute atomic E-state index is 0.0443. The van der Waals surface area contributed by atoms with Crippen LogP contribution in [0.5, 0.6) is 0 Å². The number of nitrogens with one attached hydrogen (secondary N) is 1. The highest BCUT2D eigenvalue weighted by Crippen LogP contribution is 2.27. The highest BCUT2D eigenvalue weighted by atomic mass is 35.5. The SMILES string of the molecule is Cc1cccc(CN(C(=O)CN(c2cccc(Cl)c2)S(=O)(=O)c2ccccc2)[C@H](Cc2ccccc2)C(=O)NC2CCCC2)c1. The number of carbonyl (C=O) groups excluding carboxylic acids is 2. The predicted molar refractivity (Wildman–Crippen MR) is 178 cm³/mol. The number of hydrogen-bond acceptors (Lipinski definition) is 4. The van der Waals surface area contributed by atoms with E-state index in [-0.39, 0.29) is 35.5 Å². The van der Waals surface area contributed by atoms with Gasteiger partial charge in [0.05, 0.1) is 10.6 Å². The smallest absolute Gasteiger partial charge is 0.264 e. The molecule has 1 N–H and O–H groups in total. The van der Waals surface area contributed by atoms with Crippen molar-refractivity contribution in [1.29, 1.82) is 0 Å². The van der Waals surface area contributed by atoms with E-state index in [4.69, 9.17) is 11.6 Å². The van der Waals surface area contributed by atoms with E-state index < -0.39 is 28.5 Å². The molecule has 45 heavy (non-hydrogen) atoms. The van der Waals surface area contributed by atoms with E-state index in [2.05, 4.69) is 5.32 Å². The van der Waals surface area contributed by atoms with Gasteiger partial charge in [0.15, 0.2) is 0 Å². The molecule has 234 valence electrons. The lowest BCUT2D eigenvalue weighted by atomic mass is 10.0. The Morgan fingerprint density at radius 3 is 2.16 bits per heavy atom. The summed E-state index contributed by atoms with van der Waals surface area (Å²) in [5.41, 5.74) is 3.01. The molecule has 9 heteroatoms. The molecule has 0 saturated heterocycles. The Balaban J connectivity index is 1.56. The normalized spacial score (nSPS) is 14.1. The van der Waals surface area contributed by atoms with Crippen molar-refractivity contribution in [3.8, 4) is 0 Å². The van der Waals surface area contributed by atoms with Crippen molar-refractivity contribution in [3.63, 3.8) is 0 Å². The summed E-state index contributed by atoms with van der Waals surface area (Å²) in [5, 5.41) is 3.53. The molecule has 5 rings (SSSR count). The number of amides is 2. The van der Waals surface area contributed by atoms with E-state index >= 15 is 0 Å². The first-order chi connectivity index (χ1) is 21.7. The third-order valence-corrected chi connectivity index (χ3v) is 10.1. The maximum Gasteiger partial charge on any atom is 0.264 e. The monoisotopic (exact) mass is 643 g/mol. The van der Waals surface area contributed by atoms with Gasteiger partial charge >= 0.3 is 0 Å². The second-order valence-electron chi connectivity index (χ2n) is 11.5. The van der Waals surface area contributed by atoms with Gasteiger partial charge in [-0.3, -0.25) is 13.9 Å². The molecule has 4 aromatic rings. The van der Waals surface area contributed by atoms with Crippen LogP contribution in [0.4, 0.5) is 5.69 Å². The van der Waals surface area contributed by atoms with Crippen LogP contribution in [0.3, 0.4) is 0 Å². The molecule has 0 aliphatic heterocycles. The van der Waals surface area contributed by atoms with E-state index in [1.54, 1.807) is 36.4 Å². The number of anilines is 1. The number of nitrogens with zero attached hydrogens (tertiary/aromatic N) is 2. The van der Waals surface area contributed by atoms with E-state index in [0.29, 0.717) is 5.02 Å². The number of rotatable bonds is 12. The molecule has 0 radical (unpaired) electrons. The zero-order valence-electron chi connectivity index (χ0n) is 25.3. The van der Waals surface area contributed by atoms with Crippen molar-refractivity contribution in [2.45, 2.75) is 62.6 Å². The van der Waals surface area contributed by atoms with Crippen molar-refractivity contribution in [1.82, 2.24) is 10.2 Å². The van der Waals surface area contributed by atoms with Crippen molar-refractivity contribution in [3.05, 3.63) is 131 Å². The van der Waals surface area contributed by atoms with E-state index in [9.17, 15) is 18.0 Å². The van der Waals surface area contributed by atoms with Crippen LogP contribution in [0.15, 0.2) is 114 Å². The number of hydrogen-bond donors (Lipinski definition) is 1. The molecule has 2 amide bonds. The molecule has 0 bridgehead atoms. The number of benzene rings is 4. The maximum absolute atomic E-state index is 14.6. The average molecular weight is 644 g/mol. The average Bonchev–Trinajstić information content (AvgIpc) is 3.55. The summed E-state index contributed by atoms with van der Waals surface area (Å²) in [7, 11) is -4.18. The molecule has 4 aromatic carbocycles. The summed E-state index contributed by atoms with van der Waals surface area (Å²) in [6, 6.07) is 31.0. The Kier molecular flexibility index (Phi) is 10.6. The van der Waals surface area contributed by atoms with Gasteiger partial charge in [0.2, 0.25) is 11.8 Å². The zero-order valence-corrected chi connectivity index (χ0v) is 26.9. The molecule has 1 fully saturated rings. The highest BCUT2D eigenvalue weighted by Gasteiger charge is 2.35. The topological polar surface area (TPSA) is 86.8 Å². The van der Waals surface area contributed by atoms with Crippen LogP contribution in [-0.2, 0) is 32.6 Å². The molecule has 1 atom stereocenters. The van der Waals surface area contributed by atoms with Gasteiger partial charge in [0, 0.05) is 24.0 Å². The third kappa shape index (κ3) is 8.32. The number of halogens is 1. The molecule has 0 heterocycles. The van der Waals surface area contributed by atoms with Crippen LogP contribution < -0.4 is 9.62 Å². The first kappa shape index (κ1) is 32.3. The van der Waals surface area contributed by atoms with Gasteiger partial charge in [0.25, 0.3) is 10.0 Å². The largest absolute Gasteiger partial charge is 0.352 e. The van der Waals surface area contributed by atoms with Gasteiger partial charge in [-0.15, -0.1) is 0 Å². The summed E-state index contributed by atoms with van der Waals surface area (Å²) in [5.74, 6) is -0.745. The van der Waals surface area contributed by atoms with Gasteiger partial charge < -0.3 is 10.2 Å². The van der Waals surface area contributed by atoms with Crippen LogP contribution >= 0.6 is 11.6 Å². The number of sulfonamides is 1. The number of aryl methyl sites for hydroxylation is 1. The summed E-state index contributed by atoms with van der Waals surface area (Å²) < 4.78 is 29.2. The second kappa shape index (κ2) is 14.8. The quantitative estimate of drug-likeness (QED) is 0.190. The van der Waals surface area contributed by atoms with Crippen LogP contribution in [0, 0.1) is 6.92 Å².